The lowest BCUT2D eigenvalue weighted by Crippen LogP contribution is -2.47. The second-order valence-corrected chi connectivity index (χ2v) is 14.0. The third kappa shape index (κ3) is 7.15. The molecule has 39 heavy (non-hydrogen) atoms. The van der Waals surface area contributed by atoms with E-state index in [2.05, 4.69) is 19.9 Å². The van der Waals surface area contributed by atoms with Crippen LogP contribution in [0.25, 0.3) is 0 Å². The third-order valence-electron chi connectivity index (χ3n) is 10.8. The predicted octanol–water partition coefficient (Wildman–Crippen LogP) is 8.21. The zero-order valence-electron chi connectivity index (χ0n) is 24.8. The van der Waals surface area contributed by atoms with E-state index in [-0.39, 0.29) is 10.8 Å². The van der Waals surface area contributed by atoms with Crippen molar-refractivity contribution in [3.8, 4) is 5.75 Å². The number of halogens is 1. The van der Waals surface area contributed by atoms with Gasteiger partial charge in [-0.05, 0) is 97.3 Å². The average molecular weight is 560 g/mol. The molecule has 0 bridgehead atoms. The summed E-state index contributed by atoms with van der Waals surface area (Å²) in [7, 11) is 1.94. The lowest BCUT2D eigenvalue weighted by molar-refractivity contribution is -0.130. The molecule has 0 spiro atoms. The first kappa shape index (κ1) is 30.7. The van der Waals surface area contributed by atoms with Crippen LogP contribution >= 0.6 is 11.6 Å². The van der Waals surface area contributed by atoms with Crippen molar-refractivity contribution in [2.24, 2.45) is 23.2 Å². The lowest BCUT2D eigenvalue weighted by atomic mass is 9.52. The van der Waals surface area contributed by atoms with Crippen LogP contribution in [-0.2, 0) is 11.2 Å². The number of hydrogen-bond acceptors (Lipinski definition) is 3. The molecule has 5 heteroatoms. The number of rotatable bonds is 14. The Bertz CT molecular complexity index is 937. The van der Waals surface area contributed by atoms with Crippen molar-refractivity contribution in [2.45, 2.75) is 134 Å². The van der Waals surface area contributed by atoms with Crippen LogP contribution in [0, 0.1) is 23.2 Å². The van der Waals surface area contributed by atoms with Crippen LogP contribution in [0.1, 0.15) is 127 Å². The van der Waals surface area contributed by atoms with Crippen molar-refractivity contribution < 1.29 is 15.0 Å². The van der Waals surface area contributed by atoms with Gasteiger partial charge in [0.25, 0.3) is 0 Å². The number of nitrogens with zero attached hydrogens (tertiary/aromatic N) is 1. The van der Waals surface area contributed by atoms with E-state index in [1.807, 2.05) is 24.1 Å². The predicted molar refractivity (Wildman–Crippen MR) is 161 cm³/mol. The van der Waals surface area contributed by atoms with Gasteiger partial charge in [0.2, 0.25) is 5.91 Å². The number of alkyl halides is 1. The Hall–Kier alpha value is -1.26. The first-order valence-corrected chi connectivity index (χ1v) is 16.6. The Balaban J connectivity index is 1.21. The van der Waals surface area contributed by atoms with Gasteiger partial charge in [0.15, 0.2) is 0 Å². The van der Waals surface area contributed by atoms with Crippen molar-refractivity contribution in [3.63, 3.8) is 0 Å². The summed E-state index contributed by atoms with van der Waals surface area (Å²) in [5, 5.41) is 21.1. The number of aliphatic hydroxyl groups excluding tert-OH is 1. The fourth-order valence-corrected chi connectivity index (χ4v) is 8.94. The second-order valence-electron chi connectivity index (χ2n) is 13.4. The molecular weight excluding hydrogens is 506 g/mol. The fourth-order valence-electron chi connectivity index (χ4n) is 8.46. The van der Waals surface area contributed by atoms with E-state index in [1.165, 1.54) is 62.5 Å². The normalized spacial score (nSPS) is 31.4. The Morgan fingerprint density at radius 1 is 1.08 bits per heavy atom. The molecule has 2 N–H and O–H groups in total. The summed E-state index contributed by atoms with van der Waals surface area (Å²) in [5.74, 6) is 2.90. The Labute approximate surface area is 242 Å². The highest BCUT2D eigenvalue weighted by Crippen LogP contribution is 2.63. The van der Waals surface area contributed by atoms with E-state index in [0.717, 1.165) is 51.5 Å². The van der Waals surface area contributed by atoms with Gasteiger partial charge in [0, 0.05) is 20.0 Å². The van der Waals surface area contributed by atoms with Crippen molar-refractivity contribution in [3.05, 3.63) is 29.3 Å². The number of benzene rings is 1. The number of hydrogen-bond donors (Lipinski definition) is 2. The third-order valence-corrected chi connectivity index (χ3v) is 11.2. The molecule has 1 aromatic rings. The first-order chi connectivity index (χ1) is 18.8. The molecule has 1 aromatic carbocycles. The number of carbonyl (C=O) groups is 1. The molecule has 3 aliphatic rings. The summed E-state index contributed by atoms with van der Waals surface area (Å²) >= 11 is 6.68. The number of unbranched alkanes of at least 4 members (excludes halogenated alkanes) is 8. The zero-order valence-corrected chi connectivity index (χ0v) is 25.6. The van der Waals surface area contributed by atoms with Crippen molar-refractivity contribution in [2.75, 3.05) is 13.6 Å². The summed E-state index contributed by atoms with van der Waals surface area (Å²) in [6.45, 7) is 5.35. The van der Waals surface area contributed by atoms with Crippen LogP contribution in [0.4, 0.5) is 0 Å². The van der Waals surface area contributed by atoms with Gasteiger partial charge in [-0.25, -0.2) is 0 Å². The molecule has 3 aliphatic carbocycles. The molecular formula is C34H54ClNO3. The zero-order chi connectivity index (χ0) is 28.0. The van der Waals surface area contributed by atoms with Crippen LogP contribution < -0.4 is 0 Å². The minimum Gasteiger partial charge on any atom is -0.508 e. The summed E-state index contributed by atoms with van der Waals surface area (Å²) in [4.78, 5) is 14.1. The SMILES string of the molecule is CCCCN(C)C(=O)CCCCCCCCCC[C@@H]1Cc2cc(O)ccc2[C@H]2CC[C@]3(C)[C@@H](O)[C@H](Cl)C[C@H]3[C@H]12. The molecule has 0 aromatic heterocycles. The van der Waals surface area contributed by atoms with Crippen molar-refractivity contribution in [1.29, 1.82) is 0 Å². The molecule has 0 unspecified atom stereocenters. The summed E-state index contributed by atoms with van der Waals surface area (Å²) in [6.07, 6.45) is 17.7. The number of aromatic hydroxyl groups is 1. The minimum atomic E-state index is -0.396. The van der Waals surface area contributed by atoms with Crippen LogP contribution in [-0.4, -0.2) is 46.1 Å². The number of carbonyl (C=O) groups excluding carboxylic acids is 1. The number of aliphatic hydroxyl groups is 1. The maximum absolute atomic E-state index is 12.2. The monoisotopic (exact) mass is 559 g/mol. The van der Waals surface area contributed by atoms with E-state index in [9.17, 15) is 15.0 Å². The van der Waals surface area contributed by atoms with Crippen LogP contribution in [0.3, 0.4) is 0 Å². The van der Waals surface area contributed by atoms with Gasteiger partial charge in [-0.2, -0.15) is 0 Å². The van der Waals surface area contributed by atoms with Gasteiger partial charge in [0.1, 0.15) is 5.75 Å². The summed E-state index contributed by atoms with van der Waals surface area (Å²) < 4.78 is 0. The quantitative estimate of drug-likeness (QED) is 0.178. The Morgan fingerprint density at radius 3 is 2.49 bits per heavy atom. The fraction of sp³-hybridized carbons (Fsp3) is 0.794. The molecule has 2 saturated carbocycles. The number of fused-ring (bicyclic) bond motifs is 5. The summed E-state index contributed by atoms with van der Waals surface area (Å²) in [6, 6.07) is 6.05. The van der Waals surface area contributed by atoms with E-state index in [1.54, 1.807) is 0 Å². The van der Waals surface area contributed by atoms with Gasteiger partial charge >= 0.3 is 0 Å². The molecule has 7 atom stereocenters. The standard InChI is InChI=1S/C34H54ClNO3/c1-4-5-20-36(3)31(38)15-13-11-9-7-6-8-10-12-14-24-21-25-22-26(37)16-17-27(25)28-18-19-34(2)29(32(24)28)23-30(35)33(34)39/h16-17,22,24,28-30,32-33,37,39H,4-15,18-21,23H2,1-3H3/t24-,28-,29+,30-,32-,33+,34+/m1/s1. The molecule has 4 rings (SSSR count). The van der Waals surface area contributed by atoms with E-state index >= 15 is 0 Å². The van der Waals surface area contributed by atoms with Crippen molar-refractivity contribution in [1.82, 2.24) is 4.90 Å². The number of amides is 1. The Morgan fingerprint density at radius 2 is 1.77 bits per heavy atom. The van der Waals surface area contributed by atoms with E-state index in [0.29, 0.717) is 41.7 Å². The van der Waals surface area contributed by atoms with E-state index in [4.69, 9.17) is 11.6 Å². The van der Waals surface area contributed by atoms with Gasteiger partial charge in [-0.3, -0.25) is 4.79 Å². The van der Waals surface area contributed by atoms with Crippen LogP contribution in [0.5, 0.6) is 5.75 Å². The first-order valence-electron chi connectivity index (χ1n) is 16.1. The van der Waals surface area contributed by atoms with Crippen LogP contribution in [0.2, 0.25) is 0 Å². The lowest BCUT2D eigenvalue weighted by Gasteiger charge is -2.53. The van der Waals surface area contributed by atoms with Gasteiger partial charge in [-0.1, -0.05) is 71.3 Å². The molecule has 220 valence electrons. The van der Waals surface area contributed by atoms with E-state index < -0.39 is 6.10 Å². The van der Waals surface area contributed by atoms with Crippen molar-refractivity contribution >= 4 is 17.5 Å². The molecule has 4 nitrogen and oxygen atoms in total. The Kier molecular flexibility index (Phi) is 11.1. The maximum Gasteiger partial charge on any atom is 0.222 e. The van der Waals surface area contributed by atoms with Crippen LogP contribution in [0.15, 0.2) is 18.2 Å². The summed E-state index contributed by atoms with van der Waals surface area (Å²) in [5.41, 5.74) is 2.73. The number of phenols is 1. The highest BCUT2D eigenvalue weighted by molar-refractivity contribution is 6.21. The smallest absolute Gasteiger partial charge is 0.222 e. The number of phenolic OH excluding ortho intramolecular Hbond substituents is 1. The topological polar surface area (TPSA) is 60.8 Å². The van der Waals surface area contributed by atoms with Gasteiger partial charge in [0.05, 0.1) is 11.5 Å². The highest BCUT2D eigenvalue weighted by atomic mass is 35.5. The molecule has 0 heterocycles. The second kappa shape index (κ2) is 14.1. The molecule has 0 radical (unpaired) electrons. The van der Waals surface area contributed by atoms with Gasteiger partial charge in [-0.15, -0.1) is 11.6 Å². The molecule has 1 amide bonds. The minimum absolute atomic E-state index is 0.0597. The maximum atomic E-state index is 12.2. The molecule has 0 aliphatic heterocycles. The average Bonchev–Trinajstić information content (AvgIpc) is 3.15. The highest BCUT2D eigenvalue weighted by Gasteiger charge is 2.59. The molecule has 0 saturated heterocycles. The van der Waals surface area contributed by atoms with Gasteiger partial charge < -0.3 is 15.1 Å². The largest absolute Gasteiger partial charge is 0.508 e. The molecule has 2 fully saturated rings.